The summed E-state index contributed by atoms with van der Waals surface area (Å²) in [6.07, 6.45) is 6.83. The monoisotopic (exact) mass is 213 g/mol. The molecule has 0 aliphatic heterocycles. The molecule has 2 N–H and O–H groups in total. The van der Waals surface area contributed by atoms with Crippen molar-refractivity contribution >= 4 is 0 Å². The van der Waals surface area contributed by atoms with E-state index in [0.29, 0.717) is 6.04 Å². The topological polar surface area (TPSA) is 32.3 Å². The Bertz CT molecular complexity index is 173. The number of hydrogen-bond donors (Lipinski definition) is 2. The highest BCUT2D eigenvalue weighted by Gasteiger charge is 2.28. The van der Waals surface area contributed by atoms with Crippen LogP contribution in [-0.2, 0) is 0 Å². The van der Waals surface area contributed by atoms with Gasteiger partial charge < -0.3 is 10.4 Å². The normalized spacial score (nSPS) is 23.0. The molecule has 0 saturated heterocycles. The van der Waals surface area contributed by atoms with Gasteiger partial charge in [0, 0.05) is 12.6 Å². The van der Waals surface area contributed by atoms with Gasteiger partial charge in [-0.15, -0.1) is 0 Å². The van der Waals surface area contributed by atoms with Gasteiger partial charge in [0.25, 0.3) is 0 Å². The fourth-order valence-corrected chi connectivity index (χ4v) is 2.54. The zero-order valence-corrected chi connectivity index (χ0v) is 10.6. The van der Waals surface area contributed by atoms with E-state index >= 15 is 0 Å². The Balaban J connectivity index is 2.22. The molecule has 0 aromatic heterocycles. The lowest BCUT2D eigenvalue weighted by Crippen LogP contribution is -2.45. The molecule has 1 unspecified atom stereocenters. The van der Waals surface area contributed by atoms with E-state index in [9.17, 15) is 5.11 Å². The Hall–Kier alpha value is -0.0800. The van der Waals surface area contributed by atoms with Gasteiger partial charge in [0.15, 0.2) is 0 Å². The quantitative estimate of drug-likeness (QED) is 0.736. The van der Waals surface area contributed by atoms with Crippen LogP contribution in [0.25, 0.3) is 0 Å². The summed E-state index contributed by atoms with van der Waals surface area (Å²) in [7, 11) is 0. The fraction of sp³-hybridized carbons (Fsp3) is 1.00. The molecular formula is C13H27NO. The molecule has 0 aromatic rings. The van der Waals surface area contributed by atoms with Gasteiger partial charge in [0.2, 0.25) is 0 Å². The molecular weight excluding hydrogens is 186 g/mol. The molecule has 0 spiro atoms. The predicted octanol–water partition coefficient (Wildman–Crippen LogP) is 2.71. The summed E-state index contributed by atoms with van der Waals surface area (Å²) in [4.78, 5) is 0. The van der Waals surface area contributed by atoms with Crippen LogP contribution in [0.5, 0.6) is 0 Å². The molecule has 90 valence electrons. The van der Waals surface area contributed by atoms with Crippen LogP contribution in [0.1, 0.15) is 59.3 Å². The Morgan fingerprint density at radius 2 is 1.73 bits per heavy atom. The maximum atomic E-state index is 10.3. The third kappa shape index (κ3) is 4.98. The highest BCUT2D eigenvalue weighted by atomic mass is 16.3. The Morgan fingerprint density at radius 3 is 2.27 bits per heavy atom. The first-order chi connectivity index (χ1) is 7.02. The van der Waals surface area contributed by atoms with Crippen LogP contribution < -0.4 is 5.32 Å². The van der Waals surface area contributed by atoms with Crippen molar-refractivity contribution in [1.82, 2.24) is 5.32 Å². The minimum atomic E-state index is -0.413. The molecule has 1 aliphatic carbocycles. The van der Waals surface area contributed by atoms with Crippen LogP contribution in [0.15, 0.2) is 0 Å². The van der Waals surface area contributed by atoms with Crippen molar-refractivity contribution in [2.75, 3.05) is 6.54 Å². The van der Waals surface area contributed by atoms with Crippen LogP contribution in [0.4, 0.5) is 0 Å². The van der Waals surface area contributed by atoms with E-state index in [1.54, 1.807) is 0 Å². The van der Waals surface area contributed by atoms with Crippen LogP contribution in [-0.4, -0.2) is 23.3 Å². The van der Waals surface area contributed by atoms with Crippen molar-refractivity contribution in [2.24, 2.45) is 5.92 Å². The van der Waals surface area contributed by atoms with Gasteiger partial charge in [-0.1, -0.05) is 33.1 Å². The largest absolute Gasteiger partial charge is 0.389 e. The third-order valence-corrected chi connectivity index (χ3v) is 3.39. The minimum Gasteiger partial charge on any atom is -0.389 e. The third-order valence-electron chi connectivity index (χ3n) is 3.39. The molecule has 1 aliphatic rings. The number of rotatable bonds is 5. The van der Waals surface area contributed by atoms with Crippen LogP contribution in [0.2, 0.25) is 0 Å². The molecule has 1 atom stereocenters. The lowest BCUT2D eigenvalue weighted by atomic mass is 9.84. The number of nitrogens with one attached hydrogen (secondary N) is 1. The van der Waals surface area contributed by atoms with Crippen LogP contribution in [0, 0.1) is 5.92 Å². The second-order valence-electron chi connectivity index (χ2n) is 5.70. The van der Waals surface area contributed by atoms with Crippen LogP contribution >= 0.6 is 0 Å². The van der Waals surface area contributed by atoms with E-state index in [1.807, 2.05) is 0 Å². The van der Waals surface area contributed by atoms with Crippen molar-refractivity contribution in [3.63, 3.8) is 0 Å². The lowest BCUT2D eigenvalue weighted by molar-refractivity contribution is 0.00259. The summed E-state index contributed by atoms with van der Waals surface area (Å²) in [5, 5.41) is 13.8. The van der Waals surface area contributed by atoms with Crippen molar-refractivity contribution < 1.29 is 5.11 Å². The average molecular weight is 213 g/mol. The van der Waals surface area contributed by atoms with Gasteiger partial charge in [-0.3, -0.25) is 0 Å². The van der Waals surface area contributed by atoms with E-state index < -0.39 is 5.60 Å². The minimum absolute atomic E-state index is 0.413. The van der Waals surface area contributed by atoms with E-state index in [2.05, 4.69) is 26.1 Å². The maximum absolute atomic E-state index is 10.3. The summed E-state index contributed by atoms with van der Waals surface area (Å²) in [6.45, 7) is 7.48. The Kier molecular flexibility index (Phi) is 5.07. The van der Waals surface area contributed by atoms with Crippen LogP contribution in [0.3, 0.4) is 0 Å². The van der Waals surface area contributed by atoms with Gasteiger partial charge in [0.05, 0.1) is 5.60 Å². The Labute approximate surface area is 94.5 Å². The van der Waals surface area contributed by atoms with Gasteiger partial charge in [-0.05, 0) is 32.1 Å². The zero-order chi connectivity index (χ0) is 11.3. The van der Waals surface area contributed by atoms with E-state index in [0.717, 1.165) is 25.3 Å². The molecule has 15 heavy (non-hydrogen) atoms. The second-order valence-corrected chi connectivity index (χ2v) is 5.70. The van der Waals surface area contributed by atoms with Gasteiger partial charge >= 0.3 is 0 Å². The zero-order valence-electron chi connectivity index (χ0n) is 10.6. The first-order valence-electron chi connectivity index (χ1n) is 6.48. The highest BCUT2D eigenvalue weighted by Crippen LogP contribution is 2.27. The number of aliphatic hydroxyl groups is 1. The highest BCUT2D eigenvalue weighted by molar-refractivity contribution is 4.85. The molecule has 0 radical (unpaired) electrons. The van der Waals surface area contributed by atoms with Crippen molar-refractivity contribution in [3.05, 3.63) is 0 Å². The molecule has 1 fully saturated rings. The average Bonchev–Trinajstić information content (AvgIpc) is 2.15. The standard InChI is InChI=1S/C13H27NO/c1-11(2)9-12(3)14-10-13(15)7-5-4-6-8-13/h11-12,14-15H,4-10H2,1-3H3. The molecule has 1 rings (SSSR count). The lowest BCUT2D eigenvalue weighted by Gasteiger charge is -2.33. The van der Waals surface area contributed by atoms with E-state index in [4.69, 9.17) is 0 Å². The molecule has 0 bridgehead atoms. The van der Waals surface area contributed by atoms with E-state index in [1.165, 1.54) is 25.7 Å². The van der Waals surface area contributed by atoms with E-state index in [-0.39, 0.29) is 0 Å². The smallest absolute Gasteiger partial charge is 0.0771 e. The predicted molar refractivity (Wildman–Crippen MR) is 65.0 cm³/mol. The first kappa shape index (κ1) is 13.0. The van der Waals surface area contributed by atoms with Gasteiger partial charge in [-0.2, -0.15) is 0 Å². The van der Waals surface area contributed by atoms with Gasteiger partial charge in [-0.25, -0.2) is 0 Å². The van der Waals surface area contributed by atoms with Crippen molar-refractivity contribution in [2.45, 2.75) is 70.9 Å². The summed E-state index contributed by atoms with van der Waals surface area (Å²) in [5.41, 5.74) is -0.413. The summed E-state index contributed by atoms with van der Waals surface area (Å²) in [6, 6.07) is 0.524. The molecule has 0 heterocycles. The number of hydrogen-bond acceptors (Lipinski definition) is 2. The molecule has 2 nitrogen and oxygen atoms in total. The second kappa shape index (κ2) is 5.86. The summed E-state index contributed by atoms with van der Waals surface area (Å²) < 4.78 is 0. The molecule has 0 aromatic carbocycles. The molecule has 2 heteroatoms. The maximum Gasteiger partial charge on any atom is 0.0771 e. The first-order valence-corrected chi connectivity index (χ1v) is 6.48. The fourth-order valence-electron chi connectivity index (χ4n) is 2.54. The Morgan fingerprint density at radius 1 is 1.13 bits per heavy atom. The molecule has 1 saturated carbocycles. The van der Waals surface area contributed by atoms with Crippen molar-refractivity contribution in [3.8, 4) is 0 Å². The van der Waals surface area contributed by atoms with Gasteiger partial charge in [0.1, 0.15) is 0 Å². The molecule has 0 amide bonds. The van der Waals surface area contributed by atoms with Crippen molar-refractivity contribution in [1.29, 1.82) is 0 Å². The summed E-state index contributed by atoms with van der Waals surface area (Å²) in [5.74, 6) is 0.730. The summed E-state index contributed by atoms with van der Waals surface area (Å²) >= 11 is 0. The SMILES string of the molecule is CC(C)CC(C)NCC1(O)CCCCC1.